The summed E-state index contributed by atoms with van der Waals surface area (Å²) in [5.74, 6) is -1.85. The smallest absolute Gasteiger partial charge is 0.374 e. The van der Waals surface area contributed by atoms with Crippen LogP contribution in [0.25, 0.3) is 0 Å². The maximum absolute atomic E-state index is 14.0. The van der Waals surface area contributed by atoms with Crippen LogP contribution in [-0.2, 0) is 12.8 Å². The second kappa shape index (κ2) is 8.80. The molecular formula is C16H17Cl2FN2O3. The molecular weight excluding hydrogens is 358 g/mol. The Bertz CT molecular complexity index is 742. The van der Waals surface area contributed by atoms with Gasteiger partial charge in [0.1, 0.15) is 5.82 Å². The Morgan fingerprint density at radius 1 is 1.38 bits per heavy atom. The van der Waals surface area contributed by atoms with E-state index in [0.717, 1.165) is 6.42 Å². The quantitative estimate of drug-likeness (QED) is 0.828. The van der Waals surface area contributed by atoms with Gasteiger partial charge in [0.2, 0.25) is 11.7 Å². The Kier molecular flexibility index (Phi) is 7.38. The predicted octanol–water partition coefficient (Wildman–Crippen LogP) is 3.94. The molecule has 0 radical (unpaired) electrons. The SMILES string of the molecule is CCCc1nc(C(=O)O)nc(OC)c1Cc1ccc(Cl)cc1F.Cl. The Morgan fingerprint density at radius 2 is 2.08 bits per heavy atom. The van der Waals surface area contributed by atoms with Gasteiger partial charge in [0.25, 0.3) is 0 Å². The van der Waals surface area contributed by atoms with Gasteiger partial charge in [-0.3, -0.25) is 0 Å². The number of carbonyl (C=O) groups is 1. The Hall–Kier alpha value is -1.92. The van der Waals surface area contributed by atoms with Crippen LogP contribution in [0.2, 0.25) is 5.02 Å². The van der Waals surface area contributed by atoms with E-state index in [0.29, 0.717) is 28.3 Å². The van der Waals surface area contributed by atoms with Gasteiger partial charge in [-0.1, -0.05) is 31.0 Å². The van der Waals surface area contributed by atoms with Crippen molar-refractivity contribution in [1.29, 1.82) is 0 Å². The highest BCUT2D eigenvalue weighted by atomic mass is 35.5. The third-order valence-electron chi connectivity index (χ3n) is 3.31. The zero-order chi connectivity index (χ0) is 17.0. The number of nitrogens with zero attached hydrogens (tertiary/aromatic N) is 2. The van der Waals surface area contributed by atoms with E-state index in [-0.39, 0.29) is 30.5 Å². The number of aromatic carboxylic acids is 1. The summed E-state index contributed by atoms with van der Waals surface area (Å²) in [6.07, 6.45) is 1.50. The Labute approximate surface area is 150 Å². The molecule has 2 rings (SSSR count). The van der Waals surface area contributed by atoms with Crippen LogP contribution in [-0.4, -0.2) is 28.2 Å². The number of ether oxygens (including phenoxy) is 1. The predicted molar refractivity (Wildman–Crippen MR) is 91.0 cm³/mol. The molecule has 0 saturated carbocycles. The second-order valence-electron chi connectivity index (χ2n) is 4.95. The second-order valence-corrected chi connectivity index (χ2v) is 5.39. The van der Waals surface area contributed by atoms with Crippen LogP contribution < -0.4 is 4.74 Å². The first kappa shape index (κ1) is 20.1. The molecule has 1 aromatic carbocycles. The topological polar surface area (TPSA) is 72.3 Å². The molecule has 0 aliphatic carbocycles. The van der Waals surface area contributed by atoms with Crippen molar-refractivity contribution in [2.75, 3.05) is 7.11 Å². The summed E-state index contributed by atoms with van der Waals surface area (Å²) in [7, 11) is 1.39. The maximum atomic E-state index is 14.0. The maximum Gasteiger partial charge on any atom is 0.374 e. The van der Waals surface area contributed by atoms with Crippen LogP contribution >= 0.6 is 24.0 Å². The highest BCUT2D eigenvalue weighted by Crippen LogP contribution is 2.26. The summed E-state index contributed by atoms with van der Waals surface area (Å²) < 4.78 is 19.2. The van der Waals surface area contributed by atoms with Crippen LogP contribution in [0.1, 0.15) is 40.8 Å². The molecule has 0 bridgehead atoms. The van der Waals surface area contributed by atoms with Crippen molar-refractivity contribution in [2.45, 2.75) is 26.2 Å². The summed E-state index contributed by atoms with van der Waals surface area (Å²) in [6.45, 7) is 1.95. The highest BCUT2D eigenvalue weighted by molar-refractivity contribution is 6.30. The van der Waals surface area contributed by atoms with Crippen molar-refractivity contribution in [3.8, 4) is 5.88 Å². The third-order valence-corrected chi connectivity index (χ3v) is 3.54. The third kappa shape index (κ3) is 4.55. The number of hydrogen-bond acceptors (Lipinski definition) is 4. The van der Waals surface area contributed by atoms with Crippen molar-refractivity contribution < 1.29 is 19.0 Å². The summed E-state index contributed by atoms with van der Waals surface area (Å²) in [4.78, 5) is 19.1. The van der Waals surface area contributed by atoms with Gasteiger partial charge < -0.3 is 9.84 Å². The van der Waals surface area contributed by atoms with Gasteiger partial charge in [0.15, 0.2) is 0 Å². The van der Waals surface area contributed by atoms with E-state index in [1.54, 1.807) is 12.1 Å². The zero-order valence-corrected chi connectivity index (χ0v) is 14.7. The number of rotatable bonds is 6. The van der Waals surface area contributed by atoms with Gasteiger partial charge in [0, 0.05) is 17.0 Å². The van der Waals surface area contributed by atoms with Crippen molar-refractivity contribution in [2.24, 2.45) is 0 Å². The van der Waals surface area contributed by atoms with Crippen molar-refractivity contribution in [3.05, 3.63) is 51.7 Å². The Balaban J connectivity index is 0.00000288. The highest BCUT2D eigenvalue weighted by Gasteiger charge is 2.19. The fraction of sp³-hybridized carbons (Fsp3) is 0.312. The molecule has 0 spiro atoms. The van der Waals surface area contributed by atoms with E-state index in [4.69, 9.17) is 21.4 Å². The fourth-order valence-electron chi connectivity index (χ4n) is 2.25. The molecule has 0 amide bonds. The molecule has 5 nitrogen and oxygen atoms in total. The van der Waals surface area contributed by atoms with Gasteiger partial charge >= 0.3 is 5.97 Å². The van der Waals surface area contributed by atoms with Crippen LogP contribution in [0.5, 0.6) is 5.88 Å². The van der Waals surface area contributed by atoms with E-state index in [9.17, 15) is 9.18 Å². The standard InChI is InChI=1S/C16H16ClFN2O3.ClH/c1-3-4-13-11(7-9-5-6-10(17)8-12(9)18)15(23-2)20-14(19-13)16(21)22;/h5-6,8H,3-4,7H2,1-2H3,(H,21,22);1H. The van der Waals surface area contributed by atoms with Gasteiger partial charge in [-0.15, -0.1) is 12.4 Å². The molecule has 0 saturated heterocycles. The molecule has 0 fully saturated rings. The molecule has 0 aliphatic rings. The fourth-order valence-corrected chi connectivity index (χ4v) is 2.41. The van der Waals surface area contributed by atoms with Crippen LogP contribution in [0.4, 0.5) is 4.39 Å². The summed E-state index contributed by atoms with van der Waals surface area (Å²) in [5, 5.41) is 9.41. The minimum atomic E-state index is -1.23. The Morgan fingerprint density at radius 3 is 2.62 bits per heavy atom. The van der Waals surface area contributed by atoms with E-state index in [1.807, 2.05) is 6.92 Å². The van der Waals surface area contributed by atoms with E-state index in [2.05, 4.69) is 9.97 Å². The largest absolute Gasteiger partial charge is 0.481 e. The normalized spacial score (nSPS) is 10.2. The van der Waals surface area contributed by atoms with E-state index in [1.165, 1.54) is 13.2 Å². The summed E-state index contributed by atoms with van der Waals surface area (Å²) >= 11 is 5.76. The molecule has 1 N–H and O–H groups in total. The molecule has 24 heavy (non-hydrogen) atoms. The average Bonchev–Trinajstić information content (AvgIpc) is 2.51. The monoisotopic (exact) mass is 374 g/mol. The lowest BCUT2D eigenvalue weighted by molar-refractivity contribution is 0.0681. The molecule has 1 aromatic heterocycles. The van der Waals surface area contributed by atoms with E-state index < -0.39 is 11.8 Å². The number of hydrogen-bond donors (Lipinski definition) is 1. The van der Waals surface area contributed by atoms with Gasteiger partial charge in [-0.25, -0.2) is 14.2 Å². The lowest BCUT2D eigenvalue weighted by atomic mass is 10.0. The molecule has 0 unspecified atom stereocenters. The van der Waals surface area contributed by atoms with Crippen molar-refractivity contribution in [1.82, 2.24) is 9.97 Å². The first-order chi connectivity index (χ1) is 11.0. The first-order valence-corrected chi connectivity index (χ1v) is 7.45. The lowest BCUT2D eigenvalue weighted by Gasteiger charge is -2.13. The molecule has 130 valence electrons. The van der Waals surface area contributed by atoms with Crippen molar-refractivity contribution in [3.63, 3.8) is 0 Å². The minimum Gasteiger partial charge on any atom is -0.481 e. The number of benzene rings is 1. The van der Waals surface area contributed by atoms with Crippen molar-refractivity contribution >= 4 is 30.0 Å². The van der Waals surface area contributed by atoms with Crippen LogP contribution in [0.15, 0.2) is 18.2 Å². The zero-order valence-electron chi connectivity index (χ0n) is 13.2. The molecule has 8 heteroatoms. The number of methoxy groups -OCH3 is 1. The number of carboxylic acid groups (broad SMARTS) is 1. The average molecular weight is 375 g/mol. The van der Waals surface area contributed by atoms with Crippen LogP contribution in [0, 0.1) is 5.82 Å². The first-order valence-electron chi connectivity index (χ1n) is 7.07. The molecule has 0 atom stereocenters. The van der Waals surface area contributed by atoms with Gasteiger partial charge in [-0.05, 0) is 24.1 Å². The molecule has 0 aliphatic heterocycles. The van der Waals surface area contributed by atoms with E-state index >= 15 is 0 Å². The lowest BCUT2D eigenvalue weighted by Crippen LogP contribution is -2.12. The summed E-state index contributed by atoms with van der Waals surface area (Å²) in [6, 6.07) is 4.41. The molecule has 1 heterocycles. The summed E-state index contributed by atoms with van der Waals surface area (Å²) in [5.41, 5.74) is 1.54. The number of carboxylic acids is 1. The van der Waals surface area contributed by atoms with Gasteiger partial charge in [-0.2, -0.15) is 4.98 Å². The number of aromatic nitrogens is 2. The number of aryl methyl sites for hydroxylation is 1. The van der Waals surface area contributed by atoms with Crippen LogP contribution in [0.3, 0.4) is 0 Å². The van der Waals surface area contributed by atoms with Gasteiger partial charge in [0.05, 0.1) is 12.8 Å². The molecule has 2 aromatic rings. The minimum absolute atomic E-state index is 0. The number of halogens is 3.